The molecule has 26 heavy (non-hydrogen) atoms. The Hall–Kier alpha value is -1.94. The van der Waals surface area contributed by atoms with E-state index < -0.39 is 0 Å². The summed E-state index contributed by atoms with van der Waals surface area (Å²) in [6.45, 7) is 7.22. The van der Waals surface area contributed by atoms with Gasteiger partial charge in [-0.25, -0.2) is 4.98 Å². The highest BCUT2D eigenvalue weighted by molar-refractivity contribution is 7.18. The quantitative estimate of drug-likeness (QED) is 0.623. The van der Waals surface area contributed by atoms with Gasteiger partial charge in [-0.05, 0) is 56.6 Å². The molecule has 2 heterocycles. The molecule has 0 N–H and O–H groups in total. The molecule has 3 nitrogen and oxygen atoms in total. The van der Waals surface area contributed by atoms with Gasteiger partial charge in [0.2, 0.25) is 0 Å². The van der Waals surface area contributed by atoms with E-state index in [1.807, 2.05) is 10.6 Å². The van der Waals surface area contributed by atoms with Crippen LogP contribution in [0.15, 0.2) is 29.1 Å². The van der Waals surface area contributed by atoms with Crippen LogP contribution in [0.2, 0.25) is 0 Å². The summed E-state index contributed by atoms with van der Waals surface area (Å²) in [6.07, 6.45) is 5.52. The number of thiophene rings is 1. The molecule has 136 valence electrons. The van der Waals surface area contributed by atoms with Gasteiger partial charge < -0.3 is 0 Å². The lowest BCUT2D eigenvalue weighted by Crippen LogP contribution is -2.24. The summed E-state index contributed by atoms with van der Waals surface area (Å²) in [6, 6.07) is 8.34. The van der Waals surface area contributed by atoms with E-state index in [-0.39, 0.29) is 5.56 Å². The second kappa shape index (κ2) is 6.99. The average molecular weight is 367 g/mol. The van der Waals surface area contributed by atoms with Gasteiger partial charge >= 0.3 is 0 Å². The van der Waals surface area contributed by atoms with Crippen molar-refractivity contribution in [3.8, 4) is 11.4 Å². The molecule has 1 aromatic carbocycles. The molecule has 4 heteroatoms. The zero-order chi connectivity index (χ0) is 18.3. The van der Waals surface area contributed by atoms with Crippen molar-refractivity contribution in [3.63, 3.8) is 0 Å². The van der Waals surface area contributed by atoms with Gasteiger partial charge in [0.1, 0.15) is 10.7 Å². The molecule has 0 spiro atoms. The van der Waals surface area contributed by atoms with E-state index in [0.717, 1.165) is 47.4 Å². The Kier molecular flexibility index (Phi) is 4.70. The third-order valence-electron chi connectivity index (χ3n) is 5.28. The number of aryl methyl sites for hydroxylation is 3. The number of rotatable bonds is 4. The second-order valence-electron chi connectivity index (χ2n) is 7.84. The standard InChI is InChI=1S/C22H26N2OS/c1-14(2)11-12-24-20(16-8-6-7-15(3)13-16)23-21-19(22(24)25)17-9-4-5-10-18(17)26-21/h6-8,13-14H,4-5,9-12H2,1-3H3. The minimum Gasteiger partial charge on any atom is -0.292 e. The molecular formula is C22H26N2OS. The summed E-state index contributed by atoms with van der Waals surface area (Å²) in [5.41, 5.74) is 3.67. The van der Waals surface area contributed by atoms with E-state index >= 15 is 0 Å². The summed E-state index contributed by atoms with van der Waals surface area (Å²) >= 11 is 1.74. The zero-order valence-corrected chi connectivity index (χ0v) is 16.7. The van der Waals surface area contributed by atoms with E-state index in [4.69, 9.17) is 4.98 Å². The van der Waals surface area contributed by atoms with Crippen LogP contribution in [0.5, 0.6) is 0 Å². The molecule has 0 amide bonds. The Morgan fingerprint density at radius 3 is 2.81 bits per heavy atom. The molecule has 0 radical (unpaired) electrons. The highest BCUT2D eigenvalue weighted by Gasteiger charge is 2.22. The number of aromatic nitrogens is 2. The number of nitrogens with zero attached hydrogens (tertiary/aromatic N) is 2. The van der Waals surface area contributed by atoms with E-state index in [2.05, 4.69) is 39.0 Å². The van der Waals surface area contributed by atoms with Gasteiger partial charge in [-0.3, -0.25) is 9.36 Å². The molecule has 0 fully saturated rings. The van der Waals surface area contributed by atoms with Crippen LogP contribution in [0.4, 0.5) is 0 Å². The molecule has 1 aliphatic rings. The predicted molar refractivity (Wildman–Crippen MR) is 110 cm³/mol. The lowest BCUT2D eigenvalue weighted by atomic mass is 9.97. The fourth-order valence-corrected chi connectivity index (χ4v) is 5.09. The monoisotopic (exact) mass is 366 g/mol. The smallest absolute Gasteiger partial charge is 0.262 e. The molecule has 4 rings (SSSR count). The van der Waals surface area contributed by atoms with Crippen LogP contribution in [0, 0.1) is 12.8 Å². The normalized spacial score (nSPS) is 14.2. The largest absolute Gasteiger partial charge is 0.292 e. The first-order valence-electron chi connectivity index (χ1n) is 9.66. The Morgan fingerprint density at radius 2 is 2.04 bits per heavy atom. The molecule has 0 saturated heterocycles. The lowest BCUT2D eigenvalue weighted by molar-refractivity contribution is 0.509. The number of benzene rings is 1. The van der Waals surface area contributed by atoms with Crippen LogP contribution in [-0.4, -0.2) is 9.55 Å². The van der Waals surface area contributed by atoms with Gasteiger partial charge in [0.05, 0.1) is 5.39 Å². The van der Waals surface area contributed by atoms with Gasteiger partial charge in [-0.1, -0.05) is 37.6 Å². The van der Waals surface area contributed by atoms with E-state index in [1.54, 1.807) is 11.3 Å². The first-order valence-corrected chi connectivity index (χ1v) is 10.5. The first kappa shape index (κ1) is 17.5. The van der Waals surface area contributed by atoms with Crippen molar-refractivity contribution < 1.29 is 0 Å². The maximum atomic E-state index is 13.5. The maximum absolute atomic E-state index is 13.5. The van der Waals surface area contributed by atoms with Crippen molar-refractivity contribution in [2.45, 2.75) is 59.4 Å². The molecule has 0 atom stereocenters. The second-order valence-corrected chi connectivity index (χ2v) is 8.92. The minimum absolute atomic E-state index is 0.159. The minimum atomic E-state index is 0.159. The molecule has 0 bridgehead atoms. The van der Waals surface area contributed by atoms with Crippen LogP contribution in [-0.2, 0) is 19.4 Å². The highest BCUT2D eigenvalue weighted by Crippen LogP contribution is 2.35. The van der Waals surface area contributed by atoms with Crippen molar-refractivity contribution in [2.75, 3.05) is 0 Å². The summed E-state index contributed by atoms with van der Waals surface area (Å²) in [4.78, 5) is 20.8. The van der Waals surface area contributed by atoms with E-state index in [1.165, 1.54) is 28.8 Å². The molecule has 0 unspecified atom stereocenters. The van der Waals surface area contributed by atoms with Gasteiger partial charge in [0.25, 0.3) is 5.56 Å². The Bertz CT molecular complexity index is 1010. The van der Waals surface area contributed by atoms with Crippen molar-refractivity contribution >= 4 is 21.6 Å². The maximum Gasteiger partial charge on any atom is 0.262 e. The fraction of sp³-hybridized carbons (Fsp3) is 0.455. The van der Waals surface area contributed by atoms with Crippen LogP contribution in [0.25, 0.3) is 21.6 Å². The summed E-state index contributed by atoms with van der Waals surface area (Å²) in [5, 5.41) is 0.893. The average Bonchev–Trinajstić information content (AvgIpc) is 2.99. The first-order chi connectivity index (χ1) is 12.5. The lowest BCUT2D eigenvalue weighted by Gasteiger charge is -2.15. The fourth-order valence-electron chi connectivity index (χ4n) is 3.84. The third-order valence-corrected chi connectivity index (χ3v) is 6.47. The SMILES string of the molecule is Cc1cccc(-c2nc3sc4c(c3c(=O)n2CCC(C)C)CCCC4)c1. The molecule has 1 aliphatic carbocycles. The van der Waals surface area contributed by atoms with E-state index in [0.29, 0.717) is 5.92 Å². The zero-order valence-electron chi connectivity index (χ0n) is 15.8. The van der Waals surface area contributed by atoms with Gasteiger partial charge in [-0.2, -0.15) is 0 Å². The highest BCUT2D eigenvalue weighted by atomic mass is 32.1. The Labute approximate surface area is 158 Å². The van der Waals surface area contributed by atoms with Gasteiger partial charge in [0.15, 0.2) is 0 Å². The number of hydrogen-bond donors (Lipinski definition) is 0. The molecule has 3 aromatic rings. The van der Waals surface area contributed by atoms with Crippen LogP contribution in [0.3, 0.4) is 0 Å². The van der Waals surface area contributed by atoms with Crippen molar-refractivity contribution in [1.82, 2.24) is 9.55 Å². The Balaban J connectivity index is 1.97. The van der Waals surface area contributed by atoms with Crippen molar-refractivity contribution in [2.24, 2.45) is 5.92 Å². The Morgan fingerprint density at radius 1 is 1.23 bits per heavy atom. The topological polar surface area (TPSA) is 34.9 Å². The van der Waals surface area contributed by atoms with Crippen LogP contribution >= 0.6 is 11.3 Å². The van der Waals surface area contributed by atoms with Gasteiger partial charge in [-0.15, -0.1) is 11.3 Å². The van der Waals surface area contributed by atoms with Crippen LogP contribution in [0.1, 0.15) is 49.1 Å². The molecular weight excluding hydrogens is 340 g/mol. The summed E-state index contributed by atoms with van der Waals surface area (Å²) in [7, 11) is 0. The van der Waals surface area contributed by atoms with Crippen LogP contribution < -0.4 is 5.56 Å². The van der Waals surface area contributed by atoms with Crippen molar-refractivity contribution in [1.29, 1.82) is 0 Å². The van der Waals surface area contributed by atoms with Gasteiger partial charge in [0, 0.05) is 17.0 Å². The number of hydrogen-bond acceptors (Lipinski definition) is 3. The summed E-state index contributed by atoms with van der Waals surface area (Å²) in [5.74, 6) is 1.38. The molecule has 0 aliphatic heterocycles. The number of fused-ring (bicyclic) bond motifs is 3. The summed E-state index contributed by atoms with van der Waals surface area (Å²) < 4.78 is 1.93. The van der Waals surface area contributed by atoms with Crippen molar-refractivity contribution in [3.05, 3.63) is 50.6 Å². The van der Waals surface area contributed by atoms with E-state index in [9.17, 15) is 4.79 Å². The molecule has 2 aromatic heterocycles. The third kappa shape index (κ3) is 3.11. The predicted octanol–water partition coefficient (Wildman–Crippen LogP) is 5.36. The molecule has 0 saturated carbocycles.